The van der Waals surface area contributed by atoms with E-state index < -0.39 is 11.9 Å². The molecule has 5 nitrogen and oxygen atoms in total. The summed E-state index contributed by atoms with van der Waals surface area (Å²) in [7, 11) is 0. The number of carbonyl (C=O) groups is 3. The molecular weight excluding hydrogens is 458 g/mol. The van der Waals surface area contributed by atoms with Crippen molar-refractivity contribution in [3.63, 3.8) is 0 Å². The molecule has 8 heteroatoms. The fourth-order valence-electron chi connectivity index (χ4n) is 1.02. The van der Waals surface area contributed by atoms with Crippen LogP contribution in [0.5, 0.6) is 0 Å². The molecule has 1 unspecified atom stereocenters. The van der Waals surface area contributed by atoms with Gasteiger partial charge in [0, 0.05) is 20.3 Å². The molecule has 21 heavy (non-hydrogen) atoms. The van der Waals surface area contributed by atoms with Gasteiger partial charge in [0.1, 0.15) is 5.78 Å². The Morgan fingerprint density at radius 2 is 1.33 bits per heavy atom. The average molecular weight is 482 g/mol. The maximum Gasteiger partial charge on any atom is 2.00 e. The molecule has 0 rings (SSSR count). The molecule has 0 saturated heterocycles. The maximum absolute atomic E-state index is 10.6. The third-order valence-corrected chi connectivity index (χ3v) is 2.45. The molecule has 0 aliphatic rings. The zero-order valence-corrected chi connectivity index (χ0v) is 16.5. The topological polar surface area (TPSA) is 91.7 Å². The van der Waals surface area contributed by atoms with Gasteiger partial charge in [-0.3, -0.25) is 9.59 Å². The van der Waals surface area contributed by atoms with E-state index in [1.807, 2.05) is 0 Å². The van der Waals surface area contributed by atoms with Crippen LogP contribution in [0.2, 0.25) is 0 Å². The second-order valence-corrected chi connectivity index (χ2v) is 5.18. The number of carboxylic acids is 2. The van der Waals surface area contributed by atoms with Gasteiger partial charge < -0.3 is 40.3 Å². The van der Waals surface area contributed by atoms with Crippen LogP contribution in [0.1, 0.15) is 52.9 Å². The van der Waals surface area contributed by atoms with E-state index in [-0.39, 0.29) is 45.7 Å². The third-order valence-electron chi connectivity index (χ3n) is 1.74. The summed E-state index contributed by atoms with van der Waals surface area (Å²) in [4.78, 5) is 28.6. The molecule has 0 heterocycles. The van der Waals surface area contributed by atoms with Gasteiger partial charge in [-0.2, -0.15) is 11.0 Å². The summed E-state index contributed by atoms with van der Waals surface area (Å²) in [5.41, 5.74) is 0. The monoisotopic (exact) mass is 482 g/mol. The van der Waals surface area contributed by atoms with Gasteiger partial charge in [0.25, 0.3) is 11.9 Å². The van der Waals surface area contributed by atoms with Crippen molar-refractivity contribution in [1.82, 2.24) is 0 Å². The molecule has 0 aromatic heterocycles. The SMILES string of the molecule is CC(=O)CCCCC([S-])CC[S-].CC(=O)O.CC(=O)O.[Gd+2]. The molecule has 0 fully saturated rings. The quantitative estimate of drug-likeness (QED) is 0.425. The van der Waals surface area contributed by atoms with Crippen LogP contribution in [0.4, 0.5) is 0 Å². The molecule has 1 atom stereocenters. The van der Waals surface area contributed by atoms with Gasteiger partial charge in [0.2, 0.25) is 0 Å². The zero-order valence-electron chi connectivity index (χ0n) is 12.6. The second-order valence-electron chi connectivity index (χ2n) is 4.10. The van der Waals surface area contributed by atoms with Gasteiger partial charge in [-0.05, 0) is 13.3 Å². The standard InChI is InChI=1S/C9H18OS2.2C2H4O2.Gd/c1-8(10)4-2-3-5-9(12)6-7-11;2*1-2(3)4;/h9,11-12H,2-7H2,1H3;2*1H3,(H,3,4);/q;;;+2/p-2. The van der Waals surface area contributed by atoms with Gasteiger partial charge in [-0.15, -0.1) is 0 Å². The van der Waals surface area contributed by atoms with Gasteiger partial charge in [-0.25, -0.2) is 0 Å². The van der Waals surface area contributed by atoms with Crippen LogP contribution < -0.4 is 0 Å². The summed E-state index contributed by atoms with van der Waals surface area (Å²) in [6, 6.07) is 0. The summed E-state index contributed by atoms with van der Waals surface area (Å²) in [6.07, 6.45) is 4.77. The van der Waals surface area contributed by atoms with Crippen LogP contribution in [0, 0.1) is 39.9 Å². The van der Waals surface area contributed by atoms with Crippen LogP contribution in [-0.2, 0) is 39.6 Å². The number of rotatable bonds is 7. The normalized spacial score (nSPS) is 9.76. The smallest absolute Gasteiger partial charge is 0.793 e. The second kappa shape index (κ2) is 22.9. The Labute approximate surface area is 170 Å². The number of hydrogen-bond donors (Lipinski definition) is 2. The largest absolute Gasteiger partial charge is 2.00 e. The van der Waals surface area contributed by atoms with Crippen molar-refractivity contribution in [2.24, 2.45) is 0 Å². The Morgan fingerprint density at radius 3 is 1.62 bits per heavy atom. The van der Waals surface area contributed by atoms with Gasteiger partial charge in [-0.1, -0.05) is 19.3 Å². The van der Waals surface area contributed by atoms with Crippen molar-refractivity contribution >= 4 is 43.0 Å². The van der Waals surface area contributed by atoms with E-state index in [9.17, 15) is 4.79 Å². The predicted molar refractivity (Wildman–Crippen MR) is 83.8 cm³/mol. The fourth-order valence-corrected chi connectivity index (χ4v) is 1.74. The minimum atomic E-state index is -0.833. The molecule has 0 aromatic rings. The summed E-state index contributed by atoms with van der Waals surface area (Å²) in [5.74, 6) is -0.625. The summed E-state index contributed by atoms with van der Waals surface area (Å²) < 4.78 is 0. The van der Waals surface area contributed by atoms with E-state index in [1.54, 1.807) is 6.92 Å². The maximum atomic E-state index is 10.6. The van der Waals surface area contributed by atoms with Crippen molar-refractivity contribution in [3.8, 4) is 0 Å². The molecule has 0 aromatic carbocycles. The minimum Gasteiger partial charge on any atom is -0.793 e. The summed E-state index contributed by atoms with van der Waals surface area (Å²) in [5, 5.41) is 15.2. The van der Waals surface area contributed by atoms with E-state index in [0.717, 1.165) is 45.3 Å². The van der Waals surface area contributed by atoms with Crippen LogP contribution in [0.15, 0.2) is 0 Å². The Bertz CT molecular complexity index is 255. The Morgan fingerprint density at radius 1 is 0.952 bits per heavy atom. The van der Waals surface area contributed by atoms with Crippen molar-refractivity contribution in [1.29, 1.82) is 0 Å². The molecule has 0 bridgehead atoms. The molecule has 126 valence electrons. The number of hydrogen-bond acceptors (Lipinski definition) is 5. The van der Waals surface area contributed by atoms with E-state index in [1.165, 1.54) is 0 Å². The Kier molecular flexibility index (Phi) is 32.3. The predicted octanol–water partition coefficient (Wildman–Crippen LogP) is 2.17. The first kappa shape index (κ1) is 29.6. The number of ketones is 1. The molecule has 0 amide bonds. The van der Waals surface area contributed by atoms with E-state index in [0.29, 0.717) is 11.7 Å². The Hall–Kier alpha value is 0.635. The fraction of sp³-hybridized carbons (Fsp3) is 0.769. The number of Topliss-reactive ketones (excluding diaryl/α,β-unsaturated/α-hetero) is 1. The number of carbonyl (C=O) groups excluding carboxylic acids is 1. The first-order valence-corrected chi connectivity index (χ1v) is 7.30. The molecule has 0 radical (unpaired) electrons. The first-order chi connectivity index (χ1) is 9.13. The van der Waals surface area contributed by atoms with Gasteiger partial charge >= 0.3 is 39.9 Å². The minimum absolute atomic E-state index is 0. The van der Waals surface area contributed by atoms with Crippen molar-refractivity contribution in [2.45, 2.75) is 58.1 Å². The molecule has 0 aliphatic carbocycles. The first-order valence-electron chi connectivity index (χ1n) is 6.25. The van der Waals surface area contributed by atoms with Crippen LogP contribution >= 0.6 is 0 Å². The third kappa shape index (κ3) is 63.4. The average Bonchev–Trinajstić information content (AvgIpc) is 2.23. The van der Waals surface area contributed by atoms with E-state index in [2.05, 4.69) is 0 Å². The van der Waals surface area contributed by atoms with E-state index >= 15 is 0 Å². The number of aliphatic carboxylic acids is 2. The molecular formula is C13H24GdO5S2. The molecule has 0 spiro atoms. The van der Waals surface area contributed by atoms with Crippen molar-refractivity contribution in [3.05, 3.63) is 0 Å². The summed E-state index contributed by atoms with van der Waals surface area (Å²) in [6.45, 7) is 3.80. The van der Waals surface area contributed by atoms with Crippen molar-refractivity contribution < 1.29 is 64.5 Å². The van der Waals surface area contributed by atoms with Crippen molar-refractivity contribution in [2.75, 3.05) is 5.75 Å². The Balaban J connectivity index is -0.000000134. The molecule has 2 N–H and O–H groups in total. The van der Waals surface area contributed by atoms with Gasteiger partial charge in [0.05, 0.1) is 0 Å². The zero-order chi connectivity index (χ0) is 16.6. The summed E-state index contributed by atoms with van der Waals surface area (Å²) >= 11 is 9.99. The van der Waals surface area contributed by atoms with E-state index in [4.69, 9.17) is 45.1 Å². The molecule has 0 saturated carbocycles. The number of unbranched alkanes of at least 4 members (excludes halogenated alkanes) is 1. The van der Waals surface area contributed by atoms with Gasteiger partial charge in [0.15, 0.2) is 0 Å². The van der Waals surface area contributed by atoms with Crippen LogP contribution in [0.3, 0.4) is 0 Å². The van der Waals surface area contributed by atoms with Crippen LogP contribution in [-0.4, -0.2) is 38.9 Å². The number of carboxylic acid groups (broad SMARTS) is 2. The van der Waals surface area contributed by atoms with Crippen LogP contribution in [0.25, 0.3) is 0 Å². The molecule has 0 aliphatic heterocycles.